The molecule has 0 aliphatic heterocycles. The van der Waals surface area contributed by atoms with Crippen molar-refractivity contribution in [1.29, 1.82) is 0 Å². The summed E-state index contributed by atoms with van der Waals surface area (Å²) in [7, 11) is 0. The van der Waals surface area contributed by atoms with Crippen LogP contribution in [0.25, 0.3) is 0 Å². The van der Waals surface area contributed by atoms with Crippen molar-refractivity contribution in [2.24, 2.45) is 11.3 Å². The maximum absolute atomic E-state index is 11.9. The largest absolute Gasteiger partial charge is 0.481 e. The van der Waals surface area contributed by atoms with E-state index < -0.39 is 11.4 Å². The van der Waals surface area contributed by atoms with Gasteiger partial charge in [0.05, 0.1) is 5.41 Å². The van der Waals surface area contributed by atoms with Crippen LogP contribution in [0.5, 0.6) is 0 Å². The summed E-state index contributed by atoms with van der Waals surface area (Å²) in [5.74, 6) is -0.0718. The SMILES string of the molecule is CCC(CC1CC1)NC(=O)NCC(CC)(CC)C(=O)O. The summed E-state index contributed by atoms with van der Waals surface area (Å²) >= 11 is 0. The summed E-state index contributed by atoms with van der Waals surface area (Å²) in [4.78, 5) is 23.3. The number of aliphatic carboxylic acids is 1. The van der Waals surface area contributed by atoms with E-state index in [1.807, 2.05) is 13.8 Å². The van der Waals surface area contributed by atoms with Crippen molar-refractivity contribution in [3.8, 4) is 0 Å². The van der Waals surface area contributed by atoms with E-state index in [2.05, 4.69) is 17.6 Å². The summed E-state index contributed by atoms with van der Waals surface area (Å²) in [5.41, 5.74) is -0.852. The summed E-state index contributed by atoms with van der Waals surface area (Å²) in [5, 5.41) is 15.0. The molecule has 3 N–H and O–H groups in total. The zero-order valence-electron chi connectivity index (χ0n) is 12.9. The molecule has 0 aromatic carbocycles. The number of carboxylic acid groups (broad SMARTS) is 1. The number of carboxylic acids is 1. The highest BCUT2D eigenvalue weighted by atomic mass is 16.4. The highest BCUT2D eigenvalue weighted by Gasteiger charge is 2.35. The van der Waals surface area contributed by atoms with Crippen molar-refractivity contribution in [3.05, 3.63) is 0 Å². The number of carbonyl (C=O) groups is 2. The Morgan fingerprint density at radius 1 is 1.25 bits per heavy atom. The standard InChI is InChI=1S/C15H28N2O3/c1-4-12(9-11-7-8-11)17-14(20)16-10-15(5-2,6-3)13(18)19/h11-12H,4-10H2,1-3H3,(H,18,19)(H2,16,17,20). The molecule has 1 fully saturated rings. The second kappa shape index (κ2) is 7.50. The Kier molecular flexibility index (Phi) is 6.30. The topological polar surface area (TPSA) is 78.4 Å². The van der Waals surface area contributed by atoms with Gasteiger partial charge in [0.1, 0.15) is 0 Å². The van der Waals surface area contributed by atoms with Gasteiger partial charge in [0.2, 0.25) is 0 Å². The first-order chi connectivity index (χ1) is 9.47. The minimum absolute atomic E-state index is 0.182. The number of hydrogen-bond donors (Lipinski definition) is 3. The number of rotatable bonds is 9. The molecule has 0 aromatic rings. The Hall–Kier alpha value is -1.26. The first-order valence-corrected chi connectivity index (χ1v) is 7.75. The van der Waals surface area contributed by atoms with Gasteiger partial charge in [-0.25, -0.2) is 4.79 Å². The van der Waals surface area contributed by atoms with Crippen molar-refractivity contribution in [2.45, 2.75) is 65.3 Å². The molecule has 1 aliphatic carbocycles. The maximum atomic E-state index is 11.9. The molecule has 1 unspecified atom stereocenters. The summed E-state index contributed by atoms with van der Waals surface area (Å²) in [6.07, 6.45) is 5.52. The van der Waals surface area contributed by atoms with Crippen LogP contribution in [0.3, 0.4) is 0 Å². The molecule has 0 heterocycles. The second-order valence-electron chi connectivity index (χ2n) is 5.90. The van der Waals surface area contributed by atoms with Crippen LogP contribution in [0.4, 0.5) is 4.79 Å². The average Bonchev–Trinajstić information content (AvgIpc) is 3.23. The molecule has 5 nitrogen and oxygen atoms in total. The molecule has 0 bridgehead atoms. The second-order valence-corrected chi connectivity index (χ2v) is 5.90. The van der Waals surface area contributed by atoms with Crippen LogP contribution in [-0.2, 0) is 4.79 Å². The van der Waals surface area contributed by atoms with E-state index in [0.717, 1.165) is 18.8 Å². The number of carbonyl (C=O) groups excluding carboxylic acids is 1. The molecule has 1 aliphatic rings. The Morgan fingerprint density at radius 2 is 1.85 bits per heavy atom. The highest BCUT2D eigenvalue weighted by molar-refractivity contribution is 5.78. The number of hydrogen-bond acceptors (Lipinski definition) is 2. The number of urea groups is 1. The molecule has 20 heavy (non-hydrogen) atoms. The molecular formula is C15H28N2O3. The lowest BCUT2D eigenvalue weighted by Crippen LogP contribution is -2.48. The summed E-state index contributed by atoms with van der Waals surface area (Å²) in [6, 6.07) is -0.0463. The fourth-order valence-electron chi connectivity index (χ4n) is 2.45. The lowest BCUT2D eigenvalue weighted by atomic mass is 9.82. The van der Waals surface area contributed by atoms with Gasteiger partial charge in [-0.2, -0.15) is 0 Å². The quantitative estimate of drug-likeness (QED) is 0.609. The lowest BCUT2D eigenvalue weighted by Gasteiger charge is -2.27. The van der Waals surface area contributed by atoms with Gasteiger partial charge in [-0.05, 0) is 31.6 Å². The van der Waals surface area contributed by atoms with Crippen LogP contribution in [-0.4, -0.2) is 29.7 Å². The van der Waals surface area contributed by atoms with Crippen LogP contribution in [0.15, 0.2) is 0 Å². The first-order valence-electron chi connectivity index (χ1n) is 7.75. The molecular weight excluding hydrogens is 256 g/mol. The maximum Gasteiger partial charge on any atom is 0.315 e. The first kappa shape index (κ1) is 16.8. The highest BCUT2D eigenvalue weighted by Crippen LogP contribution is 2.34. The number of nitrogens with one attached hydrogen (secondary N) is 2. The Balaban J connectivity index is 2.41. The Labute approximate surface area is 121 Å². The molecule has 1 atom stereocenters. The molecule has 0 aromatic heterocycles. The van der Waals surface area contributed by atoms with Gasteiger partial charge in [0, 0.05) is 12.6 Å². The van der Waals surface area contributed by atoms with E-state index in [1.54, 1.807) is 0 Å². The Bertz CT molecular complexity index is 336. The molecule has 0 radical (unpaired) electrons. The Morgan fingerprint density at radius 3 is 2.25 bits per heavy atom. The van der Waals surface area contributed by atoms with Crippen molar-refractivity contribution < 1.29 is 14.7 Å². The summed E-state index contributed by atoms with van der Waals surface area (Å²) in [6.45, 7) is 5.94. The van der Waals surface area contributed by atoms with E-state index in [1.165, 1.54) is 12.8 Å². The van der Waals surface area contributed by atoms with Gasteiger partial charge in [-0.3, -0.25) is 4.79 Å². The molecule has 2 amide bonds. The average molecular weight is 284 g/mol. The van der Waals surface area contributed by atoms with E-state index in [4.69, 9.17) is 0 Å². The van der Waals surface area contributed by atoms with E-state index >= 15 is 0 Å². The monoisotopic (exact) mass is 284 g/mol. The van der Waals surface area contributed by atoms with Crippen LogP contribution in [0.2, 0.25) is 0 Å². The minimum Gasteiger partial charge on any atom is -0.481 e. The fourth-order valence-corrected chi connectivity index (χ4v) is 2.45. The third kappa shape index (κ3) is 4.69. The fraction of sp³-hybridized carbons (Fsp3) is 0.867. The van der Waals surface area contributed by atoms with Crippen molar-refractivity contribution in [3.63, 3.8) is 0 Å². The zero-order chi connectivity index (χ0) is 15.2. The van der Waals surface area contributed by atoms with Gasteiger partial charge in [0.25, 0.3) is 0 Å². The predicted octanol–water partition coefficient (Wildman–Crippen LogP) is 2.76. The molecule has 0 spiro atoms. The third-order valence-electron chi connectivity index (χ3n) is 4.54. The van der Waals surface area contributed by atoms with E-state index in [0.29, 0.717) is 12.8 Å². The smallest absolute Gasteiger partial charge is 0.315 e. The summed E-state index contributed by atoms with van der Waals surface area (Å²) < 4.78 is 0. The van der Waals surface area contributed by atoms with E-state index in [-0.39, 0.29) is 18.6 Å². The van der Waals surface area contributed by atoms with Crippen molar-refractivity contribution in [2.75, 3.05) is 6.54 Å². The number of amides is 2. The van der Waals surface area contributed by atoms with Crippen LogP contribution >= 0.6 is 0 Å². The van der Waals surface area contributed by atoms with E-state index in [9.17, 15) is 14.7 Å². The zero-order valence-corrected chi connectivity index (χ0v) is 12.9. The predicted molar refractivity (Wildman–Crippen MR) is 78.6 cm³/mol. The molecule has 1 rings (SSSR count). The van der Waals surface area contributed by atoms with Crippen LogP contribution in [0.1, 0.15) is 59.3 Å². The minimum atomic E-state index is -0.852. The van der Waals surface area contributed by atoms with Gasteiger partial charge < -0.3 is 15.7 Å². The molecule has 1 saturated carbocycles. The van der Waals surface area contributed by atoms with Crippen molar-refractivity contribution in [1.82, 2.24) is 10.6 Å². The van der Waals surface area contributed by atoms with Crippen LogP contribution in [0, 0.1) is 11.3 Å². The third-order valence-corrected chi connectivity index (χ3v) is 4.54. The van der Waals surface area contributed by atoms with Gasteiger partial charge in [0.15, 0.2) is 0 Å². The normalized spacial score (nSPS) is 16.6. The van der Waals surface area contributed by atoms with Crippen LogP contribution < -0.4 is 10.6 Å². The molecule has 116 valence electrons. The van der Waals surface area contributed by atoms with Crippen molar-refractivity contribution >= 4 is 12.0 Å². The van der Waals surface area contributed by atoms with Gasteiger partial charge >= 0.3 is 12.0 Å². The van der Waals surface area contributed by atoms with Gasteiger partial charge in [-0.15, -0.1) is 0 Å². The lowest BCUT2D eigenvalue weighted by molar-refractivity contribution is -0.149. The molecule has 5 heteroatoms. The molecule has 0 saturated heterocycles. The van der Waals surface area contributed by atoms with Gasteiger partial charge in [-0.1, -0.05) is 33.6 Å².